The van der Waals surface area contributed by atoms with Gasteiger partial charge in [0, 0.05) is 39.3 Å². The van der Waals surface area contributed by atoms with Crippen molar-refractivity contribution in [2.45, 2.75) is 52.4 Å². The van der Waals surface area contributed by atoms with Crippen LogP contribution in [0, 0.1) is 0 Å². The zero-order valence-corrected chi connectivity index (χ0v) is 19.3. The number of carbonyl (C=O) groups is 1. The van der Waals surface area contributed by atoms with Gasteiger partial charge in [0.05, 0.1) is 25.8 Å². The van der Waals surface area contributed by atoms with Crippen LogP contribution in [0.25, 0.3) is 0 Å². The van der Waals surface area contributed by atoms with Crippen molar-refractivity contribution >= 4 is 12.1 Å². The molecule has 1 aromatic rings. The van der Waals surface area contributed by atoms with Gasteiger partial charge >= 0.3 is 6.09 Å². The van der Waals surface area contributed by atoms with Crippen molar-refractivity contribution in [2.24, 2.45) is 4.99 Å². The van der Waals surface area contributed by atoms with Crippen LogP contribution in [0.4, 0.5) is 4.79 Å². The van der Waals surface area contributed by atoms with E-state index < -0.39 is 5.60 Å². The predicted octanol–water partition coefficient (Wildman–Crippen LogP) is 2.19. The molecule has 0 aromatic heterocycles. The van der Waals surface area contributed by atoms with Crippen LogP contribution >= 0.6 is 0 Å². The summed E-state index contributed by atoms with van der Waals surface area (Å²) >= 11 is 0. The molecule has 3 rings (SSSR count). The van der Waals surface area contributed by atoms with Gasteiger partial charge in [-0.3, -0.25) is 4.90 Å². The molecule has 8 heteroatoms. The van der Waals surface area contributed by atoms with Crippen LogP contribution in [0.2, 0.25) is 0 Å². The topological polar surface area (TPSA) is 78.4 Å². The van der Waals surface area contributed by atoms with E-state index in [9.17, 15) is 4.79 Å². The second-order valence-electron chi connectivity index (χ2n) is 9.13. The Bertz CT molecular complexity index is 733. The molecule has 2 aliphatic rings. The molecule has 0 aliphatic carbocycles. The van der Waals surface area contributed by atoms with Crippen LogP contribution < -0.4 is 10.6 Å². The fourth-order valence-corrected chi connectivity index (χ4v) is 3.50. The van der Waals surface area contributed by atoms with E-state index in [4.69, 9.17) is 14.5 Å². The molecule has 1 aromatic carbocycles. The van der Waals surface area contributed by atoms with E-state index in [0.717, 1.165) is 45.4 Å². The second-order valence-corrected chi connectivity index (χ2v) is 9.13. The molecule has 2 aliphatic heterocycles. The fraction of sp³-hybridized carbons (Fsp3) is 0.652. The lowest BCUT2D eigenvalue weighted by atomic mass is 10.1. The van der Waals surface area contributed by atoms with E-state index in [1.807, 2.05) is 27.7 Å². The van der Waals surface area contributed by atoms with Gasteiger partial charge in [-0.05, 0) is 38.8 Å². The number of morpholine rings is 1. The summed E-state index contributed by atoms with van der Waals surface area (Å²) in [7, 11) is 0. The minimum atomic E-state index is -0.469. The minimum absolute atomic E-state index is 0.182. The molecule has 0 radical (unpaired) electrons. The number of hydrogen-bond donors (Lipinski definition) is 2. The Kier molecular flexibility index (Phi) is 8.15. The normalized spacial score (nSPS) is 18.5. The third-order valence-corrected chi connectivity index (χ3v) is 5.17. The first-order chi connectivity index (χ1) is 14.8. The number of carbonyl (C=O) groups excluding carboxylic acids is 1. The molecule has 0 unspecified atom stereocenters. The zero-order valence-electron chi connectivity index (χ0n) is 19.3. The molecular weight excluding hydrogens is 394 g/mol. The Balaban J connectivity index is 1.46. The standard InChI is InChI=1S/C23H37N5O3/c1-5-24-21(26-20-16-28(17-20)22(29)31-23(2,3)4)25-14-18-6-8-19(9-7-18)15-27-10-12-30-13-11-27/h6-9,20H,5,10-17H2,1-4H3,(H2,24,25,26). The summed E-state index contributed by atoms with van der Waals surface area (Å²) in [6, 6.07) is 8.85. The minimum Gasteiger partial charge on any atom is -0.444 e. The number of guanidine groups is 1. The van der Waals surface area contributed by atoms with Crippen LogP contribution in [0.15, 0.2) is 29.3 Å². The number of ether oxygens (including phenoxy) is 2. The molecule has 172 valence electrons. The van der Waals surface area contributed by atoms with Crippen molar-refractivity contribution in [3.05, 3.63) is 35.4 Å². The van der Waals surface area contributed by atoms with Crippen LogP contribution in [0.5, 0.6) is 0 Å². The smallest absolute Gasteiger partial charge is 0.410 e. The molecule has 2 saturated heterocycles. The van der Waals surface area contributed by atoms with Gasteiger partial charge in [-0.1, -0.05) is 24.3 Å². The van der Waals surface area contributed by atoms with Gasteiger partial charge in [-0.25, -0.2) is 9.79 Å². The number of aliphatic imine (C=N–C) groups is 1. The summed E-state index contributed by atoms with van der Waals surface area (Å²) < 4.78 is 10.8. The highest BCUT2D eigenvalue weighted by Crippen LogP contribution is 2.15. The predicted molar refractivity (Wildman–Crippen MR) is 122 cm³/mol. The number of benzene rings is 1. The van der Waals surface area contributed by atoms with Gasteiger partial charge in [0.1, 0.15) is 5.60 Å². The van der Waals surface area contributed by atoms with Crippen LogP contribution in [-0.4, -0.2) is 79.4 Å². The maximum atomic E-state index is 12.1. The van der Waals surface area contributed by atoms with Crippen molar-refractivity contribution in [2.75, 3.05) is 45.9 Å². The number of nitrogens with zero attached hydrogens (tertiary/aromatic N) is 3. The highest BCUT2D eigenvalue weighted by Gasteiger charge is 2.34. The molecule has 31 heavy (non-hydrogen) atoms. The first-order valence-corrected chi connectivity index (χ1v) is 11.2. The van der Waals surface area contributed by atoms with Crippen molar-refractivity contribution in [3.8, 4) is 0 Å². The molecule has 0 atom stereocenters. The molecule has 0 saturated carbocycles. The van der Waals surface area contributed by atoms with Gasteiger partial charge in [0.15, 0.2) is 5.96 Å². The largest absolute Gasteiger partial charge is 0.444 e. The lowest BCUT2D eigenvalue weighted by molar-refractivity contribution is 0.00700. The van der Waals surface area contributed by atoms with Gasteiger partial charge in [-0.15, -0.1) is 0 Å². The molecule has 0 spiro atoms. The Morgan fingerprint density at radius 2 is 1.81 bits per heavy atom. The number of rotatable bonds is 6. The molecular formula is C23H37N5O3. The van der Waals surface area contributed by atoms with Crippen LogP contribution in [-0.2, 0) is 22.6 Å². The van der Waals surface area contributed by atoms with E-state index in [1.165, 1.54) is 11.1 Å². The lowest BCUT2D eigenvalue weighted by Gasteiger charge is -2.40. The van der Waals surface area contributed by atoms with Crippen molar-refractivity contribution in [3.63, 3.8) is 0 Å². The number of hydrogen-bond acceptors (Lipinski definition) is 5. The van der Waals surface area contributed by atoms with Gasteiger partial charge in [0.2, 0.25) is 0 Å². The molecule has 1 amide bonds. The van der Waals surface area contributed by atoms with Crippen LogP contribution in [0.1, 0.15) is 38.8 Å². The lowest BCUT2D eigenvalue weighted by Crippen LogP contribution is -2.63. The van der Waals surface area contributed by atoms with Gasteiger partial charge in [0.25, 0.3) is 0 Å². The highest BCUT2D eigenvalue weighted by atomic mass is 16.6. The Labute approximate surface area is 186 Å². The molecule has 0 bridgehead atoms. The van der Waals surface area contributed by atoms with E-state index in [2.05, 4.69) is 39.8 Å². The van der Waals surface area contributed by atoms with Gasteiger partial charge < -0.3 is 25.0 Å². The fourth-order valence-electron chi connectivity index (χ4n) is 3.50. The highest BCUT2D eigenvalue weighted by molar-refractivity contribution is 5.80. The SMILES string of the molecule is CCNC(=NCc1ccc(CN2CCOCC2)cc1)NC1CN(C(=O)OC(C)(C)C)C1. The summed E-state index contributed by atoms with van der Waals surface area (Å²) in [4.78, 5) is 20.9. The van der Waals surface area contributed by atoms with Crippen LogP contribution in [0.3, 0.4) is 0 Å². The number of nitrogens with one attached hydrogen (secondary N) is 2. The van der Waals surface area contributed by atoms with Crippen molar-refractivity contribution in [1.29, 1.82) is 0 Å². The molecule has 2 heterocycles. The molecule has 8 nitrogen and oxygen atoms in total. The zero-order chi connectivity index (χ0) is 22.3. The van der Waals surface area contributed by atoms with E-state index in [1.54, 1.807) is 4.90 Å². The number of likely N-dealkylation sites (tertiary alicyclic amines) is 1. The quantitative estimate of drug-likeness (QED) is 0.531. The summed E-state index contributed by atoms with van der Waals surface area (Å²) in [5.74, 6) is 0.772. The summed E-state index contributed by atoms with van der Waals surface area (Å²) in [6.07, 6.45) is -0.260. The monoisotopic (exact) mass is 431 g/mol. The summed E-state index contributed by atoms with van der Waals surface area (Å²) in [5.41, 5.74) is 2.02. The Morgan fingerprint density at radius 1 is 1.16 bits per heavy atom. The molecule has 2 fully saturated rings. The first-order valence-electron chi connectivity index (χ1n) is 11.2. The van der Waals surface area contributed by atoms with Gasteiger partial charge in [-0.2, -0.15) is 0 Å². The first kappa shape index (κ1) is 23.3. The Hall–Kier alpha value is -2.32. The molecule has 2 N–H and O–H groups in total. The Morgan fingerprint density at radius 3 is 2.42 bits per heavy atom. The second kappa shape index (κ2) is 10.8. The van der Waals surface area contributed by atoms with E-state index in [0.29, 0.717) is 19.6 Å². The third kappa shape index (κ3) is 7.70. The number of amides is 1. The maximum absolute atomic E-state index is 12.1. The summed E-state index contributed by atoms with van der Waals surface area (Å²) in [6.45, 7) is 14.9. The third-order valence-electron chi connectivity index (χ3n) is 5.17. The summed E-state index contributed by atoms with van der Waals surface area (Å²) in [5, 5.41) is 6.69. The average molecular weight is 432 g/mol. The van der Waals surface area contributed by atoms with E-state index in [-0.39, 0.29) is 12.1 Å². The van der Waals surface area contributed by atoms with Crippen molar-refractivity contribution in [1.82, 2.24) is 20.4 Å². The maximum Gasteiger partial charge on any atom is 0.410 e. The van der Waals surface area contributed by atoms with Crippen molar-refractivity contribution < 1.29 is 14.3 Å². The van der Waals surface area contributed by atoms with E-state index >= 15 is 0 Å². The average Bonchev–Trinajstić information content (AvgIpc) is 2.69.